The lowest BCUT2D eigenvalue weighted by Gasteiger charge is -2.28. The second-order valence-corrected chi connectivity index (χ2v) is 8.15. The summed E-state index contributed by atoms with van der Waals surface area (Å²) in [5.41, 5.74) is -0.324. The van der Waals surface area contributed by atoms with Crippen LogP contribution in [0.3, 0.4) is 0 Å². The van der Waals surface area contributed by atoms with Crippen molar-refractivity contribution in [3.63, 3.8) is 0 Å². The van der Waals surface area contributed by atoms with Crippen LogP contribution in [0.15, 0.2) is 23.5 Å². The van der Waals surface area contributed by atoms with Crippen LogP contribution < -0.4 is 0 Å². The minimum Gasteiger partial charge on any atom is -0.438 e. The standard InChI is InChI=1S/C20H24N6O6/c1-19(2)30-15-14(31-20(8-21,16(15)32-19)9-29-18(27)28-5)12-6-7-13-17(23-11-25(3)4)22-10-24-26(12)13/h6-7,10-11,14-16H,9H2,1-5H3/b23-11-/t14-,15-,16-,20+/m0/s1. The molecule has 2 aromatic rings. The summed E-state index contributed by atoms with van der Waals surface area (Å²) >= 11 is 0. The average molecular weight is 444 g/mol. The lowest BCUT2D eigenvalue weighted by Crippen LogP contribution is -2.46. The largest absolute Gasteiger partial charge is 0.508 e. The zero-order chi connectivity index (χ0) is 23.1. The zero-order valence-electron chi connectivity index (χ0n) is 18.4. The Morgan fingerprint density at radius 1 is 1.38 bits per heavy atom. The Labute approximate surface area is 184 Å². The molecule has 12 heteroatoms. The van der Waals surface area contributed by atoms with Gasteiger partial charge in [-0.3, -0.25) is 0 Å². The Morgan fingerprint density at radius 2 is 2.16 bits per heavy atom. The van der Waals surface area contributed by atoms with Gasteiger partial charge < -0.3 is 28.6 Å². The van der Waals surface area contributed by atoms with Crippen LogP contribution in [0.25, 0.3) is 5.52 Å². The first-order valence-corrected chi connectivity index (χ1v) is 9.88. The van der Waals surface area contributed by atoms with E-state index in [1.807, 2.05) is 26.2 Å². The maximum Gasteiger partial charge on any atom is 0.508 e. The van der Waals surface area contributed by atoms with E-state index in [0.29, 0.717) is 17.0 Å². The molecule has 0 aromatic carbocycles. The average Bonchev–Trinajstić information content (AvgIpc) is 3.40. The molecule has 0 amide bonds. The number of fused-ring (bicyclic) bond motifs is 2. The first-order chi connectivity index (χ1) is 15.2. The lowest BCUT2D eigenvalue weighted by atomic mass is 9.96. The van der Waals surface area contributed by atoms with E-state index in [1.165, 1.54) is 13.4 Å². The topological polar surface area (TPSA) is 133 Å². The number of carbonyl (C=O) groups is 1. The van der Waals surface area contributed by atoms with Crippen LogP contribution in [-0.4, -0.2) is 83.4 Å². The van der Waals surface area contributed by atoms with Gasteiger partial charge in [-0.15, -0.1) is 0 Å². The Kier molecular flexibility index (Phi) is 5.49. The second kappa shape index (κ2) is 8.01. The molecule has 12 nitrogen and oxygen atoms in total. The molecule has 2 aliphatic rings. The highest BCUT2D eigenvalue weighted by molar-refractivity contribution is 5.71. The number of rotatable bonds is 5. The summed E-state index contributed by atoms with van der Waals surface area (Å²) in [6, 6.07) is 5.74. The van der Waals surface area contributed by atoms with Crippen molar-refractivity contribution in [1.29, 1.82) is 5.26 Å². The fraction of sp³-hybridized carbons (Fsp3) is 0.550. The van der Waals surface area contributed by atoms with E-state index in [2.05, 4.69) is 25.9 Å². The number of aliphatic imine (C=N–C) groups is 1. The van der Waals surface area contributed by atoms with E-state index in [1.54, 1.807) is 29.6 Å². The predicted octanol–water partition coefficient (Wildman–Crippen LogP) is 1.59. The van der Waals surface area contributed by atoms with Gasteiger partial charge in [-0.2, -0.15) is 10.4 Å². The molecule has 0 unspecified atom stereocenters. The molecule has 2 aromatic heterocycles. The van der Waals surface area contributed by atoms with Gasteiger partial charge in [0.2, 0.25) is 5.60 Å². The number of hydrogen-bond acceptors (Lipinski definition) is 10. The number of nitrogens with zero attached hydrogens (tertiary/aromatic N) is 6. The third kappa shape index (κ3) is 3.75. The molecule has 4 atom stereocenters. The Bertz CT molecular complexity index is 1090. The number of methoxy groups -OCH3 is 1. The van der Waals surface area contributed by atoms with Crippen LogP contribution in [0, 0.1) is 11.3 Å². The van der Waals surface area contributed by atoms with Crippen molar-refractivity contribution in [3.8, 4) is 6.07 Å². The molecule has 4 rings (SSSR count). The smallest absolute Gasteiger partial charge is 0.438 e. The van der Waals surface area contributed by atoms with E-state index < -0.39 is 35.9 Å². The summed E-state index contributed by atoms with van der Waals surface area (Å²) in [4.78, 5) is 22.0. The molecule has 4 heterocycles. The Morgan fingerprint density at radius 3 is 2.84 bits per heavy atom. The van der Waals surface area contributed by atoms with Gasteiger partial charge in [0, 0.05) is 14.1 Å². The molecule has 0 N–H and O–H groups in total. The summed E-state index contributed by atoms with van der Waals surface area (Å²) < 4.78 is 29.5. The summed E-state index contributed by atoms with van der Waals surface area (Å²) in [7, 11) is 4.90. The summed E-state index contributed by atoms with van der Waals surface area (Å²) in [6.45, 7) is 3.11. The quantitative estimate of drug-likeness (QED) is 0.380. The number of ether oxygens (including phenoxy) is 5. The van der Waals surface area contributed by atoms with E-state index in [4.69, 9.17) is 18.9 Å². The highest BCUT2D eigenvalue weighted by Gasteiger charge is 2.65. The molecule has 0 bridgehead atoms. The van der Waals surface area contributed by atoms with Crippen LogP contribution in [0.4, 0.5) is 10.6 Å². The monoisotopic (exact) mass is 444 g/mol. The van der Waals surface area contributed by atoms with Gasteiger partial charge in [0.1, 0.15) is 42.8 Å². The fourth-order valence-corrected chi connectivity index (χ4v) is 3.85. The maximum absolute atomic E-state index is 11.6. The van der Waals surface area contributed by atoms with Crippen molar-refractivity contribution < 1.29 is 28.5 Å². The molecule has 2 fully saturated rings. The van der Waals surface area contributed by atoms with Crippen LogP contribution in [0.1, 0.15) is 25.6 Å². The van der Waals surface area contributed by atoms with Crippen molar-refractivity contribution >= 4 is 23.8 Å². The van der Waals surface area contributed by atoms with E-state index in [0.717, 1.165) is 0 Å². The summed E-state index contributed by atoms with van der Waals surface area (Å²) in [6.07, 6.45) is -0.0859. The zero-order valence-corrected chi connectivity index (χ0v) is 18.4. The molecule has 0 saturated carbocycles. The first kappa shape index (κ1) is 21.9. The van der Waals surface area contributed by atoms with Crippen molar-refractivity contribution in [1.82, 2.24) is 19.5 Å². The molecule has 170 valence electrons. The highest BCUT2D eigenvalue weighted by Crippen LogP contribution is 2.50. The second-order valence-electron chi connectivity index (χ2n) is 8.15. The predicted molar refractivity (Wildman–Crippen MR) is 109 cm³/mol. The van der Waals surface area contributed by atoms with Gasteiger partial charge in [0.05, 0.1) is 19.1 Å². The van der Waals surface area contributed by atoms with Gasteiger partial charge in [-0.05, 0) is 26.0 Å². The summed E-state index contributed by atoms with van der Waals surface area (Å²) in [5, 5.41) is 14.4. The van der Waals surface area contributed by atoms with Crippen LogP contribution >= 0.6 is 0 Å². The van der Waals surface area contributed by atoms with Gasteiger partial charge in [-0.1, -0.05) is 0 Å². The van der Waals surface area contributed by atoms with Crippen molar-refractivity contribution in [2.75, 3.05) is 27.8 Å². The molecule has 2 saturated heterocycles. The van der Waals surface area contributed by atoms with E-state index >= 15 is 0 Å². The number of carbonyl (C=O) groups excluding carboxylic acids is 1. The molecule has 32 heavy (non-hydrogen) atoms. The van der Waals surface area contributed by atoms with E-state index in [9.17, 15) is 10.1 Å². The molecule has 0 radical (unpaired) electrons. The third-order valence-corrected chi connectivity index (χ3v) is 5.15. The Hall–Kier alpha value is -3.27. The maximum atomic E-state index is 11.6. The van der Waals surface area contributed by atoms with Gasteiger partial charge in [0.25, 0.3) is 0 Å². The van der Waals surface area contributed by atoms with Crippen molar-refractivity contribution in [2.24, 2.45) is 4.99 Å². The van der Waals surface area contributed by atoms with Crippen LogP contribution in [0.2, 0.25) is 0 Å². The highest BCUT2D eigenvalue weighted by atomic mass is 16.8. The van der Waals surface area contributed by atoms with Gasteiger partial charge in [0.15, 0.2) is 11.6 Å². The summed E-state index contributed by atoms with van der Waals surface area (Å²) in [5.74, 6) is -0.493. The van der Waals surface area contributed by atoms with Gasteiger partial charge >= 0.3 is 6.16 Å². The number of nitriles is 1. The molecular weight excluding hydrogens is 420 g/mol. The molecule has 2 aliphatic heterocycles. The third-order valence-electron chi connectivity index (χ3n) is 5.15. The fourth-order valence-electron chi connectivity index (χ4n) is 3.85. The van der Waals surface area contributed by atoms with Crippen LogP contribution in [0.5, 0.6) is 0 Å². The number of hydrogen-bond donors (Lipinski definition) is 0. The normalized spacial score (nSPS) is 28.6. The lowest BCUT2D eigenvalue weighted by molar-refractivity contribution is -0.205. The van der Waals surface area contributed by atoms with Crippen molar-refractivity contribution in [3.05, 3.63) is 24.2 Å². The van der Waals surface area contributed by atoms with Crippen LogP contribution in [-0.2, 0) is 23.7 Å². The number of aromatic nitrogens is 3. The van der Waals surface area contributed by atoms with Crippen molar-refractivity contribution in [2.45, 2.75) is 43.5 Å². The SMILES string of the molecule is COC(=O)OC[C@@]1(C#N)O[C@@H](c2ccc3c(/N=C\N(C)C)ncnn23)[C@@H]2OC(C)(C)O[C@@H]21. The molecular formula is C20H24N6O6. The minimum absolute atomic E-state index is 0.385. The first-order valence-electron chi connectivity index (χ1n) is 9.88. The van der Waals surface area contributed by atoms with Gasteiger partial charge in [-0.25, -0.2) is 19.3 Å². The minimum atomic E-state index is -1.60. The Balaban J connectivity index is 1.74. The molecule has 0 spiro atoms. The molecule has 0 aliphatic carbocycles. The van der Waals surface area contributed by atoms with E-state index in [-0.39, 0.29) is 6.61 Å².